The lowest BCUT2D eigenvalue weighted by Gasteiger charge is -2.25. The van der Waals surface area contributed by atoms with E-state index < -0.39 is 47.9 Å². The first-order valence-corrected chi connectivity index (χ1v) is 14.8. The van der Waals surface area contributed by atoms with Crippen molar-refractivity contribution in [3.8, 4) is 0 Å². The number of allylic oxidation sites excluding steroid dienone is 1. The molecule has 3 aromatic carbocycles. The summed E-state index contributed by atoms with van der Waals surface area (Å²) in [7, 11) is 0. The second kappa shape index (κ2) is 14.5. The van der Waals surface area contributed by atoms with Crippen molar-refractivity contribution >= 4 is 24.0 Å². The smallest absolute Gasteiger partial charge is 0.417 e. The van der Waals surface area contributed by atoms with E-state index in [-0.39, 0.29) is 19.6 Å². The number of cyclic esters (lactones) is 2. The van der Waals surface area contributed by atoms with Crippen LogP contribution in [0.5, 0.6) is 0 Å². The molecule has 0 N–H and O–H groups in total. The van der Waals surface area contributed by atoms with Crippen molar-refractivity contribution in [1.29, 1.82) is 0 Å². The quantitative estimate of drug-likeness (QED) is 0.248. The summed E-state index contributed by atoms with van der Waals surface area (Å²) in [5, 5.41) is 0. The minimum atomic E-state index is -0.757. The van der Waals surface area contributed by atoms with E-state index in [4.69, 9.17) is 9.47 Å². The van der Waals surface area contributed by atoms with Gasteiger partial charge in [-0.15, -0.1) is 6.58 Å². The van der Waals surface area contributed by atoms with Gasteiger partial charge in [0.25, 0.3) is 0 Å². The van der Waals surface area contributed by atoms with Crippen LogP contribution in [0.4, 0.5) is 9.59 Å². The summed E-state index contributed by atoms with van der Waals surface area (Å²) < 4.78 is 10.6. The fourth-order valence-corrected chi connectivity index (χ4v) is 5.71. The van der Waals surface area contributed by atoms with Crippen molar-refractivity contribution in [2.24, 2.45) is 11.8 Å². The van der Waals surface area contributed by atoms with Crippen LogP contribution >= 0.6 is 0 Å². The van der Waals surface area contributed by atoms with Gasteiger partial charge >= 0.3 is 12.2 Å². The molecule has 226 valence electrons. The van der Waals surface area contributed by atoms with Crippen LogP contribution in [-0.2, 0) is 38.3 Å². The Balaban J connectivity index is 1.39. The first-order chi connectivity index (χ1) is 21.4. The fraction of sp³-hybridized carbons (Fsp3) is 0.278. The predicted molar refractivity (Wildman–Crippen MR) is 165 cm³/mol. The van der Waals surface area contributed by atoms with E-state index in [1.807, 2.05) is 91.0 Å². The van der Waals surface area contributed by atoms with Crippen molar-refractivity contribution in [2.45, 2.75) is 37.8 Å². The van der Waals surface area contributed by atoms with Crippen LogP contribution in [0, 0.1) is 11.8 Å². The molecule has 8 heteroatoms. The minimum absolute atomic E-state index is 0.110. The zero-order chi connectivity index (χ0) is 30.9. The molecular formula is C36H36N2O6. The fourth-order valence-electron chi connectivity index (χ4n) is 5.71. The Bertz CT molecular complexity index is 1490. The molecule has 0 spiro atoms. The first-order valence-electron chi connectivity index (χ1n) is 14.8. The molecule has 0 saturated carbocycles. The summed E-state index contributed by atoms with van der Waals surface area (Å²) in [6.45, 7) is 4.03. The van der Waals surface area contributed by atoms with E-state index in [2.05, 4.69) is 6.58 Å². The number of amides is 4. The Kier molecular flexibility index (Phi) is 10.0. The number of hydrogen-bond donors (Lipinski definition) is 0. The van der Waals surface area contributed by atoms with E-state index in [0.29, 0.717) is 19.3 Å². The summed E-state index contributed by atoms with van der Waals surface area (Å²) >= 11 is 0. The summed E-state index contributed by atoms with van der Waals surface area (Å²) in [5.41, 5.74) is 2.88. The molecule has 2 aliphatic rings. The number of ether oxygens (including phenoxy) is 2. The van der Waals surface area contributed by atoms with E-state index in [0.717, 1.165) is 16.7 Å². The first kappa shape index (κ1) is 30.5. The van der Waals surface area contributed by atoms with Crippen LogP contribution < -0.4 is 0 Å². The maximum absolute atomic E-state index is 14.0. The van der Waals surface area contributed by atoms with Gasteiger partial charge < -0.3 is 9.47 Å². The van der Waals surface area contributed by atoms with Crippen molar-refractivity contribution in [2.75, 3.05) is 13.2 Å². The van der Waals surface area contributed by atoms with E-state index in [9.17, 15) is 19.2 Å². The third-order valence-electron chi connectivity index (χ3n) is 7.95. The van der Waals surface area contributed by atoms with E-state index in [1.165, 1.54) is 9.80 Å². The molecule has 4 atom stereocenters. The van der Waals surface area contributed by atoms with E-state index in [1.54, 1.807) is 18.2 Å². The molecule has 2 fully saturated rings. The van der Waals surface area contributed by atoms with Crippen LogP contribution in [0.3, 0.4) is 0 Å². The lowest BCUT2D eigenvalue weighted by molar-refractivity contribution is -0.133. The Labute approximate surface area is 257 Å². The SMILES string of the molecule is C=CCC(/C=C/[C@H](Cc1ccccc1)C(=O)N1C(=O)OC[C@@H]1Cc1ccccc1)C(=O)N1C(=O)OC[C@@H]1Cc1ccccc1. The number of carbonyl (C=O) groups is 4. The highest BCUT2D eigenvalue weighted by Crippen LogP contribution is 2.26. The molecule has 3 aromatic rings. The maximum atomic E-state index is 14.0. The van der Waals surface area contributed by atoms with Gasteiger partial charge in [-0.1, -0.05) is 109 Å². The lowest BCUT2D eigenvalue weighted by Crippen LogP contribution is -2.44. The third-order valence-corrected chi connectivity index (χ3v) is 7.95. The maximum Gasteiger partial charge on any atom is 0.417 e. The molecule has 8 nitrogen and oxygen atoms in total. The van der Waals surface area contributed by atoms with Gasteiger partial charge in [-0.25, -0.2) is 19.4 Å². The molecule has 4 amide bonds. The molecule has 2 heterocycles. The molecule has 0 bridgehead atoms. The highest BCUT2D eigenvalue weighted by atomic mass is 16.6. The predicted octanol–water partition coefficient (Wildman–Crippen LogP) is 5.77. The zero-order valence-electron chi connectivity index (χ0n) is 24.5. The van der Waals surface area contributed by atoms with Crippen LogP contribution in [0.15, 0.2) is 116 Å². The largest absolute Gasteiger partial charge is 0.447 e. The number of benzene rings is 3. The molecule has 44 heavy (non-hydrogen) atoms. The number of hydrogen-bond acceptors (Lipinski definition) is 6. The number of nitrogens with zero attached hydrogens (tertiary/aromatic N) is 2. The Morgan fingerprint density at radius 3 is 1.55 bits per heavy atom. The Hall–Kier alpha value is -4.98. The number of imide groups is 2. The van der Waals surface area contributed by atoms with Gasteiger partial charge in [-0.2, -0.15) is 0 Å². The van der Waals surface area contributed by atoms with Gasteiger partial charge in [0.15, 0.2) is 0 Å². The minimum Gasteiger partial charge on any atom is -0.447 e. The highest BCUT2D eigenvalue weighted by Gasteiger charge is 2.42. The summed E-state index contributed by atoms with van der Waals surface area (Å²) in [6, 6.07) is 27.9. The van der Waals surface area contributed by atoms with Gasteiger partial charge in [0.05, 0.1) is 23.9 Å². The second-order valence-corrected chi connectivity index (χ2v) is 11.1. The van der Waals surface area contributed by atoms with Crippen molar-refractivity contribution < 1.29 is 28.7 Å². The molecular weight excluding hydrogens is 556 g/mol. The monoisotopic (exact) mass is 592 g/mol. The van der Waals surface area contributed by atoms with Crippen molar-refractivity contribution in [1.82, 2.24) is 9.80 Å². The molecule has 0 aliphatic carbocycles. The van der Waals surface area contributed by atoms with Crippen molar-refractivity contribution in [3.63, 3.8) is 0 Å². The van der Waals surface area contributed by atoms with Crippen molar-refractivity contribution in [3.05, 3.63) is 132 Å². The van der Waals surface area contributed by atoms with Crippen LogP contribution in [-0.4, -0.2) is 59.1 Å². The normalized spacial score (nSPS) is 19.5. The second-order valence-electron chi connectivity index (χ2n) is 11.1. The molecule has 0 aromatic heterocycles. The number of carbonyl (C=O) groups excluding carboxylic acids is 4. The van der Waals surface area contributed by atoms with Crippen LogP contribution in [0.1, 0.15) is 23.1 Å². The van der Waals surface area contributed by atoms with Crippen LogP contribution in [0.2, 0.25) is 0 Å². The Morgan fingerprint density at radius 2 is 1.09 bits per heavy atom. The molecule has 0 radical (unpaired) electrons. The third kappa shape index (κ3) is 7.32. The van der Waals surface area contributed by atoms with Gasteiger partial charge in [-0.3, -0.25) is 9.59 Å². The average molecular weight is 593 g/mol. The summed E-state index contributed by atoms with van der Waals surface area (Å²) in [6.07, 6.45) is 5.11. The van der Waals surface area contributed by atoms with Crippen LogP contribution in [0.25, 0.3) is 0 Å². The van der Waals surface area contributed by atoms with E-state index >= 15 is 0 Å². The number of rotatable bonds is 12. The average Bonchev–Trinajstić information content (AvgIpc) is 3.60. The molecule has 5 rings (SSSR count). The summed E-state index contributed by atoms with van der Waals surface area (Å²) in [4.78, 5) is 55.8. The zero-order valence-corrected chi connectivity index (χ0v) is 24.5. The standard InChI is InChI=1S/C36H36N2O6/c1-2-12-29(33(39)37-31(24-43-35(37)41)22-27-15-8-4-9-16-27)19-20-30(21-26-13-6-3-7-14-26)34(40)38-32(25-44-36(38)42)23-28-17-10-5-11-18-28/h2-11,13-20,29-32H,1,12,21-25H2/b20-19+/t29?,30-,31+,32+/m1/s1. The summed E-state index contributed by atoms with van der Waals surface area (Å²) in [5.74, 6) is -2.33. The lowest BCUT2D eigenvalue weighted by atomic mass is 9.93. The molecule has 1 unspecified atom stereocenters. The van der Waals surface area contributed by atoms with Gasteiger partial charge in [0.1, 0.15) is 13.2 Å². The highest BCUT2D eigenvalue weighted by molar-refractivity contribution is 5.97. The van der Waals surface area contributed by atoms with Gasteiger partial charge in [0, 0.05) is 0 Å². The molecule has 2 saturated heterocycles. The van der Waals surface area contributed by atoms with Gasteiger partial charge in [0.2, 0.25) is 11.8 Å². The van der Waals surface area contributed by atoms with Gasteiger partial charge in [-0.05, 0) is 42.4 Å². The Morgan fingerprint density at radius 1 is 0.682 bits per heavy atom. The molecule has 2 aliphatic heterocycles. The topological polar surface area (TPSA) is 93.2 Å².